The molecule has 2 heterocycles. The van der Waals surface area contributed by atoms with Gasteiger partial charge >= 0.3 is 5.97 Å². The van der Waals surface area contributed by atoms with Gasteiger partial charge in [-0.25, -0.2) is 9.48 Å². The van der Waals surface area contributed by atoms with Crippen LogP contribution in [0.25, 0.3) is 0 Å². The minimum absolute atomic E-state index is 0.195. The van der Waals surface area contributed by atoms with Crippen LogP contribution in [0, 0.1) is 0 Å². The van der Waals surface area contributed by atoms with Crippen molar-refractivity contribution in [2.24, 2.45) is 0 Å². The molecule has 0 radical (unpaired) electrons. The quantitative estimate of drug-likeness (QED) is 0.625. The summed E-state index contributed by atoms with van der Waals surface area (Å²) in [5.41, 5.74) is 0.236. The van der Waals surface area contributed by atoms with Crippen LogP contribution in [0.3, 0.4) is 0 Å². The first kappa shape index (κ1) is 9.14. The van der Waals surface area contributed by atoms with E-state index in [-0.39, 0.29) is 11.7 Å². The average molecular weight is 197 g/mol. The zero-order valence-corrected chi connectivity index (χ0v) is 7.84. The van der Waals surface area contributed by atoms with E-state index in [2.05, 4.69) is 15.0 Å². The molecule has 1 aromatic rings. The van der Waals surface area contributed by atoms with E-state index in [9.17, 15) is 4.79 Å². The number of methoxy groups -OCH3 is 1. The Morgan fingerprint density at radius 1 is 1.79 bits per heavy atom. The minimum atomic E-state index is -0.463. The lowest BCUT2D eigenvalue weighted by molar-refractivity contribution is 0.0594. The molecule has 1 atom stereocenters. The zero-order chi connectivity index (χ0) is 9.97. The molecule has 0 aromatic carbocycles. The molecule has 1 aliphatic rings. The molecule has 0 amide bonds. The van der Waals surface area contributed by atoms with Crippen LogP contribution < -0.4 is 0 Å². The number of hydrogen-bond donors (Lipinski definition) is 0. The average Bonchev–Trinajstić information content (AvgIpc) is 2.86. The van der Waals surface area contributed by atoms with Crippen molar-refractivity contribution in [3.63, 3.8) is 0 Å². The first-order valence-electron chi connectivity index (χ1n) is 4.39. The van der Waals surface area contributed by atoms with E-state index in [0.717, 1.165) is 13.0 Å². The number of hydrogen-bond acceptors (Lipinski definition) is 5. The Kier molecular flexibility index (Phi) is 2.45. The molecule has 0 bridgehead atoms. The number of aromatic nitrogens is 3. The normalized spacial score (nSPS) is 21.1. The van der Waals surface area contributed by atoms with E-state index in [1.54, 1.807) is 10.9 Å². The third-order valence-electron chi connectivity index (χ3n) is 2.18. The number of esters is 1. The van der Waals surface area contributed by atoms with Gasteiger partial charge in [0.1, 0.15) is 0 Å². The molecular weight excluding hydrogens is 186 g/mol. The first-order chi connectivity index (χ1) is 6.81. The summed E-state index contributed by atoms with van der Waals surface area (Å²) in [5, 5.41) is 7.57. The van der Waals surface area contributed by atoms with E-state index in [1.807, 2.05) is 0 Å². The molecule has 14 heavy (non-hydrogen) atoms. The van der Waals surface area contributed by atoms with Gasteiger partial charge in [0.25, 0.3) is 0 Å². The summed E-state index contributed by atoms with van der Waals surface area (Å²) in [4.78, 5) is 11.1. The fourth-order valence-corrected chi connectivity index (χ4v) is 1.38. The van der Waals surface area contributed by atoms with Gasteiger partial charge in [-0.3, -0.25) is 0 Å². The highest BCUT2D eigenvalue weighted by Crippen LogP contribution is 2.17. The minimum Gasteiger partial charge on any atom is -0.464 e. The summed E-state index contributed by atoms with van der Waals surface area (Å²) in [6.45, 7) is 1.36. The molecular formula is C8H11N3O3. The van der Waals surface area contributed by atoms with E-state index >= 15 is 0 Å². The first-order valence-corrected chi connectivity index (χ1v) is 4.39. The molecule has 1 aliphatic heterocycles. The van der Waals surface area contributed by atoms with Gasteiger partial charge < -0.3 is 9.47 Å². The molecule has 6 heteroatoms. The molecule has 76 valence electrons. The summed E-state index contributed by atoms with van der Waals surface area (Å²) < 4.78 is 11.4. The van der Waals surface area contributed by atoms with Gasteiger partial charge in [0.15, 0.2) is 5.69 Å². The van der Waals surface area contributed by atoms with E-state index in [1.165, 1.54) is 7.11 Å². The van der Waals surface area contributed by atoms with Gasteiger partial charge in [0, 0.05) is 6.61 Å². The maximum atomic E-state index is 11.1. The Balaban J connectivity index is 2.12. The smallest absolute Gasteiger partial charge is 0.360 e. The van der Waals surface area contributed by atoms with E-state index in [0.29, 0.717) is 6.61 Å². The molecule has 6 nitrogen and oxygen atoms in total. The van der Waals surface area contributed by atoms with Crippen LogP contribution in [0.4, 0.5) is 0 Å². The highest BCUT2D eigenvalue weighted by Gasteiger charge is 2.20. The Labute approximate surface area is 80.8 Å². The maximum absolute atomic E-state index is 11.1. The predicted molar refractivity (Wildman–Crippen MR) is 45.8 cm³/mol. The zero-order valence-electron chi connectivity index (χ0n) is 7.84. The van der Waals surface area contributed by atoms with E-state index < -0.39 is 5.97 Å². The standard InChI is InChI=1S/C8H11N3O3/c1-13-8(12)7-4-11(10-9-7)6-2-3-14-5-6/h4,6H,2-3,5H2,1H3. The maximum Gasteiger partial charge on any atom is 0.360 e. The van der Waals surface area contributed by atoms with Crippen molar-refractivity contribution in [1.82, 2.24) is 15.0 Å². The van der Waals surface area contributed by atoms with Gasteiger partial charge in [-0.1, -0.05) is 5.21 Å². The van der Waals surface area contributed by atoms with Gasteiger partial charge in [0.05, 0.1) is 26.0 Å². The molecule has 1 fully saturated rings. The highest BCUT2D eigenvalue weighted by molar-refractivity contribution is 5.86. The monoisotopic (exact) mass is 197 g/mol. The highest BCUT2D eigenvalue weighted by atomic mass is 16.5. The molecule has 1 aromatic heterocycles. The Morgan fingerprint density at radius 3 is 3.29 bits per heavy atom. The molecule has 0 saturated carbocycles. The summed E-state index contributed by atoms with van der Waals surface area (Å²) in [7, 11) is 1.32. The number of carbonyl (C=O) groups is 1. The number of nitrogens with zero attached hydrogens (tertiary/aromatic N) is 3. The van der Waals surface area contributed by atoms with Crippen molar-refractivity contribution in [3.8, 4) is 0 Å². The lowest BCUT2D eigenvalue weighted by atomic mass is 10.3. The summed E-state index contributed by atoms with van der Waals surface area (Å²) >= 11 is 0. The van der Waals surface area contributed by atoms with Gasteiger partial charge in [-0.2, -0.15) is 0 Å². The SMILES string of the molecule is COC(=O)c1cn(C2CCOC2)nn1. The van der Waals surface area contributed by atoms with Gasteiger partial charge in [0.2, 0.25) is 0 Å². The second-order valence-corrected chi connectivity index (χ2v) is 3.09. The van der Waals surface area contributed by atoms with Crippen LogP contribution in [0.15, 0.2) is 6.20 Å². The second kappa shape index (κ2) is 3.75. The van der Waals surface area contributed by atoms with Crippen LogP contribution in [-0.4, -0.2) is 41.3 Å². The lowest BCUT2D eigenvalue weighted by Gasteiger charge is -2.04. The van der Waals surface area contributed by atoms with Crippen molar-refractivity contribution in [2.75, 3.05) is 20.3 Å². The molecule has 1 unspecified atom stereocenters. The molecule has 0 aliphatic carbocycles. The Bertz CT molecular complexity index is 330. The van der Waals surface area contributed by atoms with Crippen LogP contribution >= 0.6 is 0 Å². The summed E-state index contributed by atoms with van der Waals surface area (Å²) in [6.07, 6.45) is 2.50. The third-order valence-corrected chi connectivity index (χ3v) is 2.18. The Hall–Kier alpha value is -1.43. The fraction of sp³-hybridized carbons (Fsp3) is 0.625. The third kappa shape index (κ3) is 1.60. The van der Waals surface area contributed by atoms with Crippen molar-refractivity contribution in [1.29, 1.82) is 0 Å². The number of rotatable bonds is 2. The molecule has 2 rings (SSSR count). The van der Waals surface area contributed by atoms with Crippen molar-refractivity contribution in [2.45, 2.75) is 12.5 Å². The lowest BCUT2D eigenvalue weighted by Crippen LogP contribution is -2.09. The Morgan fingerprint density at radius 2 is 2.64 bits per heavy atom. The number of carbonyl (C=O) groups excluding carboxylic acids is 1. The van der Waals surface area contributed by atoms with Gasteiger partial charge in [-0.15, -0.1) is 5.10 Å². The second-order valence-electron chi connectivity index (χ2n) is 3.09. The molecule has 1 saturated heterocycles. The number of ether oxygens (including phenoxy) is 2. The van der Waals surface area contributed by atoms with Crippen LogP contribution in [0.1, 0.15) is 23.0 Å². The van der Waals surface area contributed by atoms with Crippen molar-refractivity contribution in [3.05, 3.63) is 11.9 Å². The van der Waals surface area contributed by atoms with Crippen molar-refractivity contribution >= 4 is 5.97 Å². The molecule has 0 spiro atoms. The summed E-state index contributed by atoms with van der Waals surface area (Å²) in [6, 6.07) is 0.195. The summed E-state index contributed by atoms with van der Waals surface area (Å²) in [5.74, 6) is -0.463. The van der Waals surface area contributed by atoms with Crippen LogP contribution in [-0.2, 0) is 9.47 Å². The topological polar surface area (TPSA) is 66.2 Å². The van der Waals surface area contributed by atoms with Gasteiger partial charge in [-0.05, 0) is 6.42 Å². The van der Waals surface area contributed by atoms with Crippen LogP contribution in [0.5, 0.6) is 0 Å². The van der Waals surface area contributed by atoms with Crippen LogP contribution in [0.2, 0.25) is 0 Å². The predicted octanol–water partition coefficient (Wildman–Crippen LogP) is 0.0261. The largest absolute Gasteiger partial charge is 0.464 e. The van der Waals surface area contributed by atoms with E-state index in [4.69, 9.17) is 4.74 Å². The molecule has 0 N–H and O–H groups in total. The fourth-order valence-electron chi connectivity index (χ4n) is 1.38. The van der Waals surface area contributed by atoms with Crippen molar-refractivity contribution < 1.29 is 14.3 Å².